The molecule has 2 aliphatic rings. The molecule has 2 aromatic rings. The molecule has 4 rings (SSSR count). The number of nitrogens with zero attached hydrogens (tertiary/aromatic N) is 6. The summed E-state index contributed by atoms with van der Waals surface area (Å²) >= 11 is 1.45. The zero-order valence-electron chi connectivity index (χ0n) is 20.8. The summed E-state index contributed by atoms with van der Waals surface area (Å²) in [6, 6.07) is 3.92. The third-order valence-corrected chi connectivity index (χ3v) is 7.55. The van der Waals surface area contributed by atoms with Crippen LogP contribution in [0.15, 0.2) is 22.8 Å². The van der Waals surface area contributed by atoms with Crippen molar-refractivity contribution in [1.29, 1.82) is 0 Å². The maximum Gasteiger partial charge on any atom is 0.228 e. The minimum atomic E-state index is -0.0579. The molecule has 192 valence electrons. The SMILES string of the molecule is CN(C)CCN(CCCNC(=O)C1CCCN(c2nnc(N3CCCC3=O)s2)C1)Cc1ccco1. The van der Waals surface area contributed by atoms with E-state index >= 15 is 0 Å². The number of hydrogen-bond acceptors (Lipinski definition) is 9. The van der Waals surface area contributed by atoms with Crippen LogP contribution in [-0.2, 0) is 16.1 Å². The van der Waals surface area contributed by atoms with Gasteiger partial charge in [-0.15, -0.1) is 10.2 Å². The minimum absolute atomic E-state index is 0.0579. The Bertz CT molecular complexity index is 949. The van der Waals surface area contributed by atoms with Crippen LogP contribution in [0.1, 0.15) is 37.9 Å². The molecule has 2 fully saturated rings. The quantitative estimate of drug-likeness (QED) is 0.440. The van der Waals surface area contributed by atoms with E-state index in [-0.39, 0.29) is 17.7 Å². The van der Waals surface area contributed by atoms with Crippen LogP contribution in [0.5, 0.6) is 0 Å². The zero-order valence-corrected chi connectivity index (χ0v) is 21.6. The van der Waals surface area contributed by atoms with Crippen molar-refractivity contribution in [3.05, 3.63) is 24.2 Å². The van der Waals surface area contributed by atoms with E-state index in [1.807, 2.05) is 12.1 Å². The number of furan rings is 1. The molecule has 0 aromatic carbocycles. The molecule has 0 radical (unpaired) electrons. The van der Waals surface area contributed by atoms with Gasteiger partial charge in [0.25, 0.3) is 0 Å². The topological polar surface area (TPSA) is 98.0 Å². The summed E-state index contributed by atoms with van der Waals surface area (Å²) in [5.74, 6) is 1.13. The second-order valence-corrected chi connectivity index (χ2v) is 10.5. The van der Waals surface area contributed by atoms with Crippen LogP contribution in [-0.4, -0.2) is 91.7 Å². The van der Waals surface area contributed by atoms with Gasteiger partial charge in [-0.1, -0.05) is 11.3 Å². The Kier molecular flexibility index (Phi) is 9.11. The van der Waals surface area contributed by atoms with Gasteiger partial charge in [-0.25, -0.2) is 0 Å². The number of carbonyl (C=O) groups excluding carboxylic acids is 2. The number of aromatic nitrogens is 2. The number of rotatable bonds is 12. The molecule has 10 nitrogen and oxygen atoms in total. The van der Waals surface area contributed by atoms with Crippen molar-refractivity contribution in [1.82, 2.24) is 25.3 Å². The molecule has 0 aliphatic carbocycles. The molecule has 0 spiro atoms. The summed E-state index contributed by atoms with van der Waals surface area (Å²) in [6.45, 7) is 6.48. The van der Waals surface area contributed by atoms with Gasteiger partial charge in [-0.05, 0) is 51.9 Å². The highest BCUT2D eigenvalue weighted by Gasteiger charge is 2.30. The first-order chi connectivity index (χ1) is 17.0. The Labute approximate surface area is 211 Å². The lowest BCUT2D eigenvalue weighted by atomic mass is 9.97. The van der Waals surface area contributed by atoms with Gasteiger partial charge >= 0.3 is 0 Å². The maximum atomic E-state index is 12.9. The highest BCUT2D eigenvalue weighted by Crippen LogP contribution is 2.32. The van der Waals surface area contributed by atoms with Crippen molar-refractivity contribution in [2.75, 3.05) is 69.7 Å². The summed E-state index contributed by atoms with van der Waals surface area (Å²) in [4.78, 5) is 33.3. The number of nitrogens with one attached hydrogen (secondary N) is 1. The van der Waals surface area contributed by atoms with Crippen molar-refractivity contribution in [2.45, 2.75) is 38.6 Å². The Morgan fingerprint density at radius 1 is 1.20 bits per heavy atom. The van der Waals surface area contributed by atoms with E-state index in [0.29, 0.717) is 31.2 Å². The minimum Gasteiger partial charge on any atom is -0.468 e. The Balaban J connectivity index is 1.22. The lowest BCUT2D eigenvalue weighted by Gasteiger charge is -2.31. The third-order valence-electron chi connectivity index (χ3n) is 6.54. The van der Waals surface area contributed by atoms with E-state index < -0.39 is 0 Å². The molecule has 2 aliphatic heterocycles. The van der Waals surface area contributed by atoms with E-state index in [1.165, 1.54) is 11.3 Å². The fourth-order valence-electron chi connectivity index (χ4n) is 4.55. The van der Waals surface area contributed by atoms with E-state index in [9.17, 15) is 9.59 Å². The number of carbonyl (C=O) groups is 2. The Morgan fingerprint density at radius 3 is 2.80 bits per heavy atom. The highest BCUT2D eigenvalue weighted by molar-refractivity contribution is 7.19. The standard InChI is InChI=1S/C24H37N7O3S/c1-28(2)14-15-29(18-20-8-5-16-34-20)11-6-10-25-22(33)19-7-3-12-30(17-19)23-26-27-24(35-23)31-13-4-9-21(31)32/h5,8,16,19H,3-4,6-7,9-15,17-18H2,1-2H3,(H,25,33). The number of anilines is 2. The van der Waals surface area contributed by atoms with Crippen molar-refractivity contribution < 1.29 is 14.0 Å². The second kappa shape index (κ2) is 12.5. The summed E-state index contributed by atoms with van der Waals surface area (Å²) in [6.07, 6.45) is 5.87. The Hall–Kier alpha value is -2.50. The van der Waals surface area contributed by atoms with Crippen molar-refractivity contribution >= 4 is 33.4 Å². The number of piperidine rings is 1. The first-order valence-corrected chi connectivity index (χ1v) is 13.4. The van der Waals surface area contributed by atoms with Crippen molar-refractivity contribution in [3.63, 3.8) is 0 Å². The molecule has 1 N–H and O–H groups in total. The van der Waals surface area contributed by atoms with Gasteiger partial charge in [0, 0.05) is 52.2 Å². The number of hydrogen-bond donors (Lipinski definition) is 1. The molecule has 1 unspecified atom stereocenters. The average molecular weight is 504 g/mol. The molecule has 35 heavy (non-hydrogen) atoms. The van der Waals surface area contributed by atoms with Gasteiger partial charge in [-0.3, -0.25) is 19.4 Å². The summed E-state index contributed by atoms with van der Waals surface area (Å²) in [5, 5.41) is 13.2. The maximum absolute atomic E-state index is 12.9. The van der Waals surface area contributed by atoms with Crippen molar-refractivity contribution in [2.24, 2.45) is 5.92 Å². The van der Waals surface area contributed by atoms with E-state index in [0.717, 1.165) is 69.3 Å². The number of likely N-dealkylation sites (N-methyl/N-ethyl adjacent to an activating group) is 1. The first kappa shape index (κ1) is 25.6. The molecule has 2 amide bonds. The van der Waals surface area contributed by atoms with Crippen LogP contribution >= 0.6 is 11.3 Å². The van der Waals surface area contributed by atoms with E-state index in [4.69, 9.17) is 4.42 Å². The van der Waals surface area contributed by atoms with E-state index in [1.54, 1.807) is 11.2 Å². The van der Waals surface area contributed by atoms with Gasteiger partial charge in [0.15, 0.2) is 0 Å². The predicted octanol–water partition coefficient (Wildman–Crippen LogP) is 2.04. The smallest absolute Gasteiger partial charge is 0.228 e. The van der Waals surface area contributed by atoms with Gasteiger partial charge in [0.05, 0.1) is 18.7 Å². The molecule has 2 saturated heterocycles. The third kappa shape index (κ3) is 7.25. The molecular weight excluding hydrogens is 466 g/mol. The molecule has 1 atom stereocenters. The van der Waals surface area contributed by atoms with Crippen LogP contribution in [0.25, 0.3) is 0 Å². The zero-order chi connectivity index (χ0) is 24.6. The number of amides is 2. The summed E-state index contributed by atoms with van der Waals surface area (Å²) in [7, 11) is 4.15. The lowest BCUT2D eigenvalue weighted by Crippen LogP contribution is -2.43. The molecular formula is C24H37N7O3S. The van der Waals surface area contributed by atoms with E-state index in [2.05, 4.69) is 44.3 Å². The molecule has 0 bridgehead atoms. The summed E-state index contributed by atoms with van der Waals surface area (Å²) < 4.78 is 5.52. The van der Waals surface area contributed by atoms with Crippen LogP contribution in [0.4, 0.5) is 10.3 Å². The Morgan fingerprint density at radius 2 is 2.06 bits per heavy atom. The van der Waals surface area contributed by atoms with Gasteiger partial charge in [-0.2, -0.15) is 0 Å². The monoisotopic (exact) mass is 503 g/mol. The molecule has 4 heterocycles. The normalized spacial score (nSPS) is 18.7. The lowest BCUT2D eigenvalue weighted by molar-refractivity contribution is -0.125. The summed E-state index contributed by atoms with van der Waals surface area (Å²) in [5.41, 5.74) is 0. The van der Waals surface area contributed by atoms with Crippen LogP contribution in [0.2, 0.25) is 0 Å². The second-order valence-electron chi connectivity index (χ2n) is 9.60. The predicted molar refractivity (Wildman–Crippen MR) is 137 cm³/mol. The molecule has 11 heteroatoms. The molecule has 0 saturated carbocycles. The van der Waals surface area contributed by atoms with Crippen LogP contribution in [0, 0.1) is 5.92 Å². The average Bonchev–Trinajstić information content (AvgIpc) is 3.62. The first-order valence-electron chi connectivity index (χ1n) is 12.6. The highest BCUT2D eigenvalue weighted by atomic mass is 32.1. The fraction of sp³-hybridized carbons (Fsp3) is 0.667. The molecule has 2 aromatic heterocycles. The van der Waals surface area contributed by atoms with Gasteiger partial charge in [0.1, 0.15) is 5.76 Å². The van der Waals surface area contributed by atoms with Crippen LogP contribution in [0.3, 0.4) is 0 Å². The van der Waals surface area contributed by atoms with Crippen LogP contribution < -0.4 is 15.1 Å². The fourth-order valence-corrected chi connectivity index (χ4v) is 5.48. The van der Waals surface area contributed by atoms with Gasteiger partial charge < -0.3 is 19.5 Å². The van der Waals surface area contributed by atoms with Gasteiger partial charge in [0.2, 0.25) is 22.1 Å². The van der Waals surface area contributed by atoms with Crippen molar-refractivity contribution in [3.8, 4) is 0 Å². The largest absolute Gasteiger partial charge is 0.468 e.